The molecule has 0 bridgehead atoms. The normalized spacial score (nSPS) is 16.1. The fourth-order valence-corrected chi connectivity index (χ4v) is 4.35. The van der Waals surface area contributed by atoms with E-state index in [9.17, 15) is 22.8 Å². The number of nitrogens with one attached hydrogen (secondary N) is 1. The Morgan fingerprint density at radius 3 is 2.36 bits per heavy atom. The minimum atomic E-state index is -3.50. The van der Waals surface area contributed by atoms with E-state index in [1.165, 1.54) is 23.0 Å². The van der Waals surface area contributed by atoms with Crippen molar-refractivity contribution in [1.82, 2.24) is 23.1 Å². The number of H-pyrrole nitrogens is 1. The Balaban J connectivity index is 1.84. The molecule has 2 heterocycles. The molecule has 152 valence electrons. The third-order valence-corrected chi connectivity index (χ3v) is 6.79. The molecule has 1 aromatic carbocycles. The number of aromatic nitrogens is 2. The lowest BCUT2D eigenvalue weighted by Crippen LogP contribution is -2.53. The standard InChI is InChI=1S/C17H23N5O5S/c1-4-22-14-6-5-12(11-13(14)18-15(23)17(22)25)16(24)20-7-9-21(10-8-20)28(26,27)19(2)3/h5-6,11H,4,7-10H2,1-3H3,(H,18,23). The Bertz CT molecular complexity index is 1130. The predicted octanol–water partition coefficient (Wildman–Crippen LogP) is -0.726. The molecule has 1 amide bonds. The van der Waals surface area contributed by atoms with Crippen molar-refractivity contribution < 1.29 is 13.2 Å². The van der Waals surface area contributed by atoms with Crippen LogP contribution in [0.4, 0.5) is 0 Å². The summed E-state index contributed by atoms with van der Waals surface area (Å²) < 4.78 is 28.2. The summed E-state index contributed by atoms with van der Waals surface area (Å²) in [5.74, 6) is -0.251. The summed E-state index contributed by atoms with van der Waals surface area (Å²) in [6, 6.07) is 4.79. The highest BCUT2D eigenvalue weighted by molar-refractivity contribution is 7.86. The molecule has 11 heteroatoms. The van der Waals surface area contributed by atoms with E-state index in [-0.39, 0.29) is 32.1 Å². The molecule has 28 heavy (non-hydrogen) atoms. The van der Waals surface area contributed by atoms with Gasteiger partial charge in [-0.15, -0.1) is 0 Å². The SMILES string of the molecule is CCn1c(=O)c(=O)[nH]c2cc(C(=O)N3CCN(S(=O)(=O)N(C)C)CC3)ccc21. The highest BCUT2D eigenvalue weighted by Crippen LogP contribution is 2.16. The predicted molar refractivity (Wildman–Crippen MR) is 105 cm³/mol. The van der Waals surface area contributed by atoms with Crippen molar-refractivity contribution in [2.45, 2.75) is 13.5 Å². The van der Waals surface area contributed by atoms with Crippen LogP contribution < -0.4 is 11.1 Å². The first-order valence-corrected chi connectivity index (χ1v) is 10.3. The van der Waals surface area contributed by atoms with E-state index in [0.29, 0.717) is 23.1 Å². The molecular weight excluding hydrogens is 386 g/mol. The number of nitrogens with zero attached hydrogens (tertiary/aromatic N) is 4. The highest BCUT2D eigenvalue weighted by Gasteiger charge is 2.30. The van der Waals surface area contributed by atoms with Crippen LogP contribution >= 0.6 is 0 Å². The van der Waals surface area contributed by atoms with Crippen LogP contribution in [0, 0.1) is 0 Å². The number of fused-ring (bicyclic) bond motifs is 1. The maximum absolute atomic E-state index is 12.8. The second-order valence-electron chi connectivity index (χ2n) is 6.72. The molecule has 1 fully saturated rings. The number of piperazine rings is 1. The number of hydrogen-bond donors (Lipinski definition) is 1. The van der Waals surface area contributed by atoms with Gasteiger partial charge >= 0.3 is 11.1 Å². The Morgan fingerprint density at radius 2 is 1.79 bits per heavy atom. The van der Waals surface area contributed by atoms with E-state index in [2.05, 4.69) is 4.98 Å². The Kier molecular flexibility index (Phi) is 5.41. The first kappa shape index (κ1) is 20.2. The second-order valence-corrected chi connectivity index (χ2v) is 8.86. The molecule has 0 saturated carbocycles. The van der Waals surface area contributed by atoms with Crippen LogP contribution in [0.25, 0.3) is 11.0 Å². The number of rotatable bonds is 4. The molecule has 1 aromatic heterocycles. The average Bonchev–Trinajstić information content (AvgIpc) is 2.68. The molecule has 1 saturated heterocycles. The summed E-state index contributed by atoms with van der Waals surface area (Å²) in [5.41, 5.74) is -0.0428. The highest BCUT2D eigenvalue weighted by atomic mass is 32.2. The molecule has 0 spiro atoms. The summed E-state index contributed by atoms with van der Waals surface area (Å²) >= 11 is 0. The van der Waals surface area contributed by atoms with E-state index in [1.54, 1.807) is 30.0 Å². The molecule has 10 nitrogen and oxygen atoms in total. The van der Waals surface area contributed by atoms with Gasteiger partial charge in [0.05, 0.1) is 11.0 Å². The quantitative estimate of drug-likeness (QED) is 0.669. The van der Waals surface area contributed by atoms with Crippen LogP contribution in [0.5, 0.6) is 0 Å². The Labute approximate surface area is 162 Å². The first-order valence-electron chi connectivity index (χ1n) is 8.90. The molecule has 1 aliphatic heterocycles. The third kappa shape index (κ3) is 3.48. The average molecular weight is 409 g/mol. The number of aryl methyl sites for hydroxylation is 1. The van der Waals surface area contributed by atoms with Crippen molar-refractivity contribution in [2.24, 2.45) is 0 Å². The van der Waals surface area contributed by atoms with Crippen LogP contribution in [0.2, 0.25) is 0 Å². The molecule has 0 aliphatic carbocycles. The molecule has 0 radical (unpaired) electrons. The molecule has 3 rings (SSSR count). The zero-order chi connectivity index (χ0) is 20.6. The van der Waals surface area contributed by atoms with Gasteiger partial charge in [-0.3, -0.25) is 14.4 Å². The fraction of sp³-hybridized carbons (Fsp3) is 0.471. The van der Waals surface area contributed by atoms with Crippen LogP contribution in [0.3, 0.4) is 0 Å². The van der Waals surface area contributed by atoms with Gasteiger partial charge in [-0.05, 0) is 25.1 Å². The van der Waals surface area contributed by atoms with Gasteiger partial charge in [-0.1, -0.05) is 0 Å². The smallest absolute Gasteiger partial charge is 0.316 e. The molecule has 2 aromatic rings. The van der Waals surface area contributed by atoms with Crippen LogP contribution in [-0.2, 0) is 16.8 Å². The number of carbonyl (C=O) groups is 1. The number of hydrogen-bond acceptors (Lipinski definition) is 5. The van der Waals surface area contributed by atoms with Crippen LogP contribution in [0.15, 0.2) is 27.8 Å². The number of benzene rings is 1. The molecule has 1 aliphatic rings. The Morgan fingerprint density at radius 1 is 1.14 bits per heavy atom. The summed E-state index contributed by atoms with van der Waals surface area (Å²) in [5, 5.41) is 0. The third-order valence-electron chi connectivity index (χ3n) is 4.85. The van der Waals surface area contributed by atoms with Crippen molar-refractivity contribution >= 4 is 27.1 Å². The largest absolute Gasteiger partial charge is 0.336 e. The van der Waals surface area contributed by atoms with Gasteiger partial charge < -0.3 is 14.5 Å². The van der Waals surface area contributed by atoms with Crippen molar-refractivity contribution in [2.75, 3.05) is 40.3 Å². The van der Waals surface area contributed by atoms with Gasteiger partial charge in [0.15, 0.2) is 0 Å². The molecular formula is C17H23N5O5S. The molecule has 1 N–H and O–H groups in total. The summed E-state index contributed by atoms with van der Waals surface area (Å²) in [6.07, 6.45) is 0. The Hall–Kier alpha value is -2.50. The minimum Gasteiger partial charge on any atom is -0.336 e. The lowest BCUT2D eigenvalue weighted by Gasteiger charge is -2.35. The first-order chi connectivity index (χ1) is 13.2. The van der Waals surface area contributed by atoms with E-state index in [0.717, 1.165) is 4.31 Å². The van der Waals surface area contributed by atoms with Crippen molar-refractivity contribution in [3.63, 3.8) is 0 Å². The van der Waals surface area contributed by atoms with E-state index >= 15 is 0 Å². The van der Waals surface area contributed by atoms with E-state index in [1.807, 2.05) is 0 Å². The maximum atomic E-state index is 12.8. The summed E-state index contributed by atoms with van der Waals surface area (Å²) in [4.78, 5) is 40.7. The minimum absolute atomic E-state index is 0.214. The van der Waals surface area contributed by atoms with Crippen LogP contribution in [0.1, 0.15) is 17.3 Å². The lowest BCUT2D eigenvalue weighted by atomic mass is 10.1. The molecule has 0 unspecified atom stereocenters. The van der Waals surface area contributed by atoms with E-state index in [4.69, 9.17) is 0 Å². The van der Waals surface area contributed by atoms with Crippen molar-refractivity contribution in [1.29, 1.82) is 0 Å². The fourth-order valence-electron chi connectivity index (χ4n) is 3.26. The van der Waals surface area contributed by atoms with Crippen molar-refractivity contribution in [3.8, 4) is 0 Å². The maximum Gasteiger partial charge on any atom is 0.316 e. The summed E-state index contributed by atoms with van der Waals surface area (Å²) in [6.45, 7) is 3.08. The summed E-state index contributed by atoms with van der Waals surface area (Å²) in [7, 11) is -0.561. The van der Waals surface area contributed by atoms with Gasteiger partial charge in [0.1, 0.15) is 0 Å². The van der Waals surface area contributed by atoms with Gasteiger partial charge in [0.2, 0.25) is 0 Å². The van der Waals surface area contributed by atoms with Crippen molar-refractivity contribution in [3.05, 3.63) is 44.5 Å². The zero-order valence-electron chi connectivity index (χ0n) is 16.0. The number of aromatic amines is 1. The van der Waals surface area contributed by atoms with Gasteiger partial charge in [-0.25, -0.2) is 0 Å². The lowest BCUT2D eigenvalue weighted by molar-refractivity contribution is 0.0695. The monoisotopic (exact) mass is 409 g/mol. The second kappa shape index (κ2) is 7.49. The molecule has 0 atom stereocenters. The zero-order valence-corrected chi connectivity index (χ0v) is 16.8. The number of carbonyl (C=O) groups excluding carboxylic acids is 1. The topological polar surface area (TPSA) is 116 Å². The van der Waals surface area contributed by atoms with E-state index < -0.39 is 21.3 Å². The van der Waals surface area contributed by atoms with Gasteiger partial charge in [0, 0.05) is 52.4 Å². The van der Waals surface area contributed by atoms with Gasteiger partial charge in [0.25, 0.3) is 16.1 Å². The van der Waals surface area contributed by atoms with Crippen LogP contribution in [-0.4, -0.2) is 77.7 Å². The van der Waals surface area contributed by atoms with Gasteiger partial charge in [-0.2, -0.15) is 17.0 Å². The number of amides is 1.